The Bertz CT molecular complexity index is 656. The summed E-state index contributed by atoms with van der Waals surface area (Å²) in [6.45, 7) is 1.02. The van der Waals surface area contributed by atoms with Gasteiger partial charge in [-0.15, -0.1) is 0 Å². The molecule has 1 unspecified atom stereocenters. The molecule has 1 aromatic carbocycles. The maximum Gasteiger partial charge on any atom is 0.240 e. The van der Waals surface area contributed by atoms with Crippen LogP contribution in [-0.4, -0.2) is 37.5 Å². The average molecular weight is 352 g/mol. The molecule has 1 saturated heterocycles. The van der Waals surface area contributed by atoms with Gasteiger partial charge in [-0.3, -0.25) is 9.59 Å². The van der Waals surface area contributed by atoms with Crippen LogP contribution in [0.1, 0.15) is 37.7 Å². The molecule has 5 nitrogen and oxygen atoms in total. The highest BCUT2D eigenvalue weighted by atomic mass is 35.5. The fourth-order valence-electron chi connectivity index (χ4n) is 4.00. The van der Waals surface area contributed by atoms with Crippen molar-refractivity contribution in [1.82, 2.24) is 4.90 Å². The molecule has 3 rings (SSSR count). The summed E-state index contributed by atoms with van der Waals surface area (Å²) in [6, 6.07) is 5.50. The lowest BCUT2D eigenvalue weighted by Crippen LogP contribution is -3.09. The molecule has 1 heterocycles. The van der Waals surface area contributed by atoms with Crippen LogP contribution in [0, 0.1) is 5.41 Å². The number of quaternary nitrogens is 1. The second-order valence-electron chi connectivity index (χ2n) is 7.04. The minimum absolute atomic E-state index is 0.0284. The molecule has 1 N–H and O–H groups in total. The van der Waals surface area contributed by atoms with E-state index in [0.29, 0.717) is 24.7 Å². The predicted molar refractivity (Wildman–Crippen MR) is 90.8 cm³/mol. The SMILES string of the molecule is COc1ccc(Cl)cc1C[NH+](C)CN1C(=O)CC2(CCCC2)C1=O. The maximum atomic E-state index is 12.8. The molecular formula is C18H24ClN2O3+. The molecule has 0 aromatic heterocycles. The molecule has 1 spiro atoms. The quantitative estimate of drug-likeness (QED) is 0.820. The fourth-order valence-corrected chi connectivity index (χ4v) is 4.19. The van der Waals surface area contributed by atoms with Crippen molar-refractivity contribution in [2.75, 3.05) is 20.8 Å². The first-order valence-electron chi connectivity index (χ1n) is 8.44. The summed E-state index contributed by atoms with van der Waals surface area (Å²) in [5.74, 6) is 0.770. The lowest BCUT2D eigenvalue weighted by atomic mass is 9.85. The number of ether oxygens (including phenoxy) is 1. The minimum Gasteiger partial charge on any atom is -0.496 e. The molecule has 1 aromatic rings. The molecule has 0 radical (unpaired) electrons. The number of nitrogens with zero attached hydrogens (tertiary/aromatic N) is 1. The Labute approximate surface area is 147 Å². The van der Waals surface area contributed by atoms with Crippen LogP contribution in [-0.2, 0) is 16.1 Å². The van der Waals surface area contributed by atoms with Gasteiger partial charge in [0.2, 0.25) is 11.8 Å². The molecule has 2 fully saturated rings. The van der Waals surface area contributed by atoms with Gasteiger partial charge in [-0.1, -0.05) is 24.4 Å². The van der Waals surface area contributed by atoms with E-state index in [2.05, 4.69) is 0 Å². The van der Waals surface area contributed by atoms with Crippen molar-refractivity contribution in [2.24, 2.45) is 5.41 Å². The van der Waals surface area contributed by atoms with Crippen LogP contribution in [0.3, 0.4) is 0 Å². The topological polar surface area (TPSA) is 51.1 Å². The fraction of sp³-hybridized carbons (Fsp3) is 0.556. The second-order valence-corrected chi connectivity index (χ2v) is 7.48. The number of methoxy groups -OCH3 is 1. The maximum absolute atomic E-state index is 12.8. The van der Waals surface area contributed by atoms with Gasteiger partial charge in [0.1, 0.15) is 12.3 Å². The van der Waals surface area contributed by atoms with Gasteiger partial charge in [0.25, 0.3) is 0 Å². The highest BCUT2D eigenvalue weighted by Crippen LogP contribution is 2.46. The molecule has 1 aliphatic heterocycles. The van der Waals surface area contributed by atoms with E-state index >= 15 is 0 Å². The molecule has 0 bridgehead atoms. The zero-order valence-electron chi connectivity index (χ0n) is 14.2. The van der Waals surface area contributed by atoms with Crippen molar-refractivity contribution < 1.29 is 19.2 Å². The Morgan fingerprint density at radius 2 is 2.00 bits per heavy atom. The summed E-state index contributed by atoms with van der Waals surface area (Å²) in [7, 11) is 3.60. The molecule has 1 atom stereocenters. The normalized spacial score (nSPS) is 20.9. The lowest BCUT2D eigenvalue weighted by molar-refractivity contribution is -0.901. The first-order chi connectivity index (χ1) is 11.4. The Hall–Kier alpha value is -1.59. The van der Waals surface area contributed by atoms with Gasteiger partial charge in [-0.25, -0.2) is 4.90 Å². The zero-order chi connectivity index (χ0) is 17.3. The zero-order valence-corrected chi connectivity index (χ0v) is 15.0. The number of nitrogens with one attached hydrogen (secondary N) is 1. The molecule has 130 valence electrons. The van der Waals surface area contributed by atoms with Crippen LogP contribution < -0.4 is 9.64 Å². The molecule has 1 saturated carbocycles. The van der Waals surface area contributed by atoms with Crippen LogP contribution >= 0.6 is 11.6 Å². The summed E-state index contributed by atoms with van der Waals surface area (Å²) < 4.78 is 5.37. The van der Waals surface area contributed by atoms with Gasteiger partial charge < -0.3 is 9.64 Å². The Kier molecular flexibility index (Phi) is 4.83. The third-order valence-electron chi connectivity index (χ3n) is 5.21. The standard InChI is InChI=1S/C18H23ClN2O3/c1-20(11-13-9-14(19)5-6-15(13)24-2)12-21-16(22)10-18(17(21)23)7-3-4-8-18/h5-6,9H,3-4,7-8,10-12H2,1-2H3/p+1. The van der Waals surface area contributed by atoms with E-state index in [4.69, 9.17) is 16.3 Å². The number of likely N-dealkylation sites (tertiary alicyclic amines) is 1. The molecule has 2 amide bonds. The van der Waals surface area contributed by atoms with Crippen molar-refractivity contribution in [2.45, 2.75) is 38.6 Å². The van der Waals surface area contributed by atoms with Crippen molar-refractivity contribution in [1.29, 1.82) is 0 Å². The van der Waals surface area contributed by atoms with Crippen LogP contribution in [0.2, 0.25) is 5.02 Å². The van der Waals surface area contributed by atoms with Crippen molar-refractivity contribution in [3.63, 3.8) is 0 Å². The highest BCUT2D eigenvalue weighted by Gasteiger charge is 2.53. The van der Waals surface area contributed by atoms with Gasteiger partial charge in [-0.2, -0.15) is 0 Å². The molecule has 6 heteroatoms. The number of rotatable bonds is 5. The minimum atomic E-state index is -0.398. The number of amides is 2. The number of hydrogen-bond donors (Lipinski definition) is 1. The smallest absolute Gasteiger partial charge is 0.240 e. The van der Waals surface area contributed by atoms with Crippen LogP contribution in [0.5, 0.6) is 5.75 Å². The van der Waals surface area contributed by atoms with E-state index in [1.54, 1.807) is 13.2 Å². The van der Waals surface area contributed by atoms with E-state index in [9.17, 15) is 9.59 Å². The number of benzene rings is 1. The summed E-state index contributed by atoms with van der Waals surface area (Å²) in [5, 5.41) is 0.650. The van der Waals surface area contributed by atoms with E-state index in [1.165, 1.54) is 4.90 Å². The van der Waals surface area contributed by atoms with Crippen molar-refractivity contribution >= 4 is 23.4 Å². The van der Waals surface area contributed by atoms with Crippen LogP contribution in [0.25, 0.3) is 0 Å². The van der Waals surface area contributed by atoms with Gasteiger partial charge >= 0.3 is 0 Å². The number of carbonyl (C=O) groups excluding carboxylic acids is 2. The monoisotopic (exact) mass is 351 g/mol. The molecule has 1 aliphatic carbocycles. The lowest BCUT2D eigenvalue weighted by Gasteiger charge is -2.23. The summed E-state index contributed by atoms with van der Waals surface area (Å²) in [4.78, 5) is 27.6. The van der Waals surface area contributed by atoms with E-state index in [1.807, 2.05) is 19.2 Å². The third-order valence-corrected chi connectivity index (χ3v) is 5.45. The third kappa shape index (κ3) is 3.15. The van der Waals surface area contributed by atoms with Crippen LogP contribution in [0.4, 0.5) is 0 Å². The number of carbonyl (C=O) groups is 2. The highest BCUT2D eigenvalue weighted by molar-refractivity contribution is 6.30. The largest absolute Gasteiger partial charge is 0.496 e. The number of halogens is 1. The number of hydrogen-bond acceptors (Lipinski definition) is 3. The Balaban J connectivity index is 1.69. The molecule has 2 aliphatic rings. The number of imide groups is 1. The van der Waals surface area contributed by atoms with Gasteiger partial charge in [-0.05, 0) is 31.0 Å². The summed E-state index contributed by atoms with van der Waals surface area (Å²) in [5.41, 5.74) is 0.572. The van der Waals surface area contributed by atoms with Gasteiger partial charge in [0.15, 0.2) is 6.67 Å². The van der Waals surface area contributed by atoms with Gasteiger partial charge in [0, 0.05) is 17.0 Å². The van der Waals surface area contributed by atoms with E-state index < -0.39 is 5.41 Å². The first kappa shape index (κ1) is 17.2. The Morgan fingerprint density at radius 3 is 2.67 bits per heavy atom. The van der Waals surface area contributed by atoms with Crippen LogP contribution in [0.15, 0.2) is 18.2 Å². The van der Waals surface area contributed by atoms with E-state index in [-0.39, 0.29) is 11.8 Å². The second kappa shape index (κ2) is 6.73. The average Bonchev–Trinajstić information content (AvgIpc) is 3.09. The van der Waals surface area contributed by atoms with E-state index in [0.717, 1.165) is 41.9 Å². The summed E-state index contributed by atoms with van der Waals surface area (Å²) in [6.07, 6.45) is 4.20. The first-order valence-corrected chi connectivity index (χ1v) is 8.81. The van der Waals surface area contributed by atoms with Gasteiger partial charge in [0.05, 0.1) is 19.6 Å². The van der Waals surface area contributed by atoms with Crippen molar-refractivity contribution in [3.8, 4) is 5.75 Å². The predicted octanol–water partition coefficient (Wildman–Crippen LogP) is 1.64. The molecular weight excluding hydrogens is 328 g/mol. The van der Waals surface area contributed by atoms with Crippen molar-refractivity contribution in [3.05, 3.63) is 28.8 Å². The summed E-state index contributed by atoms with van der Waals surface area (Å²) >= 11 is 6.07. The Morgan fingerprint density at radius 1 is 1.29 bits per heavy atom. The molecule has 24 heavy (non-hydrogen) atoms.